The van der Waals surface area contributed by atoms with Crippen LogP contribution in [0.5, 0.6) is 5.75 Å². The number of carbonyl (C=O) groups excluding carboxylic acids is 1. The molecule has 0 saturated carbocycles. The Morgan fingerprint density at radius 3 is 2.58 bits per heavy atom. The van der Waals surface area contributed by atoms with Gasteiger partial charge in [-0.3, -0.25) is 4.79 Å². The quantitative estimate of drug-likeness (QED) is 0.413. The molecule has 0 fully saturated rings. The Hall–Kier alpha value is -2.85. The van der Waals surface area contributed by atoms with Gasteiger partial charge in [-0.05, 0) is 36.1 Å². The van der Waals surface area contributed by atoms with Crippen molar-refractivity contribution in [1.82, 2.24) is 9.78 Å². The Morgan fingerprint density at radius 2 is 1.94 bits per heavy atom. The molecule has 2 aromatic carbocycles. The Balaban J connectivity index is 1.69. The van der Waals surface area contributed by atoms with Gasteiger partial charge in [0, 0.05) is 11.3 Å². The van der Waals surface area contributed by atoms with Crippen molar-refractivity contribution in [2.24, 2.45) is 0 Å². The van der Waals surface area contributed by atoms with E-state index < -0.39 is 24.2 Å². The maximum atomic E-state index is 14.0. The molecule has 0 unspecified atom stereocenters. The molecule has 6 nitrogen and oxygen atoms in total. The summed E-state index contributed by atoms with van der Waals surface area (Å²) >= 11 is 7.82. The van der Waals surface area contributed by atoms with Gasteiger partial charge in [-0.2, -0.15) is 18.3 Å². The van der Waals surface area contributed by atoms with E-state index in [2.05, 4.69) is 15.7 Å². The van der Waals surface area contributed by atoms with Gasteiger partial charge in [0.1, 0.15) is 16.6 Å². The summed E-state index contributed by atoms with van der Waals surface area (Å²) in [6.45, 7) is 0. The average Bonchev–Trinajstić information content (AvgIpc) is 3.14. The van der Waals surface area contributed by atoms with Crippen LogP contribution in [0.15, 0.2) is 53.4 Å². The van der Waals surface area contributed by atoms with Crippen molar-refractivity contribution in [3.63, 3.8) is 0 Å². The lowest BCUT2D eigenvalue weighted by Gasteiger charge is -2.33. The van der Waals surface area contributed by atoms with Crippen LogP contribution in [0.3, 0.4) is 0 Å². The molecule has 0 saturated heterocycles. The summed E-state index contributed by atoms with van der Waals surface area (Å²) in [4.78, 5) is 13.7. The van der Waals surface area contributed by atoms with Gasteiger partial charge in [0.25, 0.3) is 5.91 Å². The van der Waals surface area contributed by atoms with Crippen molar-refractivity contribution in [2.45, 2.75) is 29.6 Å². The fourth-order valence-electron chi connectivity index (χ4n) is 3.72. The highest BCUT2D eigenvalue weighted by Gasteiger charge is 2.47. The van der Waals surface area contributed by atoms with Gasteiger partial charge < -0.3 is 15.4 Å². The summed E-state index contributed by atoms with van der Waals surface area (Å²) in [6.07, 6.45) is -3.04. The number of thioether (sulfide) groups is 1. The molecule has 2 N–H and O–H groups in total. The average molecular weight is 497 g/mol. The normalized spacial score (nSPS) is 17.8. The minimum absolute atomic E-state index is 0.0469. The second-order valence-corrected chi connectivity index (χ2v) is 8.60. The monoisotopic (exact) mass is 496 g/mol. The summed E-state index contributed by atoms with van der Waals surface area (Å²) in [5.41, 5.74) is 0.877. The van der Waals surface area contributed by atoms with Crippen LogP contribution in [0, 0.1) is 0 Å². The number of para-hydroxylation sites is 1. The van der Waals surface area contributed by atoms with Crippen LogP contribution in [0.25, 0.3) is 0 Å². The fraction of sp³-hybridized carbons (Fsp3) is 0.273. The van der Waals surface area contributed by atoms with Gasteiger partial charge in [0.2, 0.25) is 0 Å². The molecule has 0 aliphatic carbocycles. The summed E-state index contributed by atoms with van der Waals surface area (Å²) in [6, 6.07) is 11.2. The number of carbonyl (C=O) groups is 1. The first-order chi connectivity index (χ1) is 15.7. The Kier molecular flexibility index (Phi) is 6.49. The van der Waals surface area contributed by atoms with E-state index >= 15 is 0 Å². The first-order valence-electron chi connectivity index (χ1n) is 9.92. The molecule has 2 heterocycles. The number of nitrogens with zero attached hydrogens (tertiary/aromatic N) is 2. The number of anilines is 2. The molecule has 11 heteroatoms. The van der Waals surface area contributed by atoms with Crippen LogP contribution in [-0.4, -0.2) is 35.2 Å². The zero-order chi connectivity index (χ0) is 23.8. The SMILES string of the molecule is COc1ccc([C@@H]2C[C@@H](C(F)(F)F)n3nc(C(=O)Nc4ccccc4SC)c(Cl)c3N2)cc1. The van der Waals surface area contributed by atoms with Crippen LogP contribution < -0.4 is 15.4 Å². The smallest absolute Gasteiger partial charge is 0.410 e. The van der Waals surface area contributed by atoms with Gasteiger partial charge in [-0.25, -0.2) is 4.68 Å². The van der Waals surface area contributed by atoms with Gasteiger partial charge >= 0.3 is 6.18 Å². The number of aromatic nitrogens is 2. The van der Waals surface area contributed by atoms with Crippen molar-refractivity contribution < 1.29 is 22.7 Å². The van der Waals surface area contributed by atoms with Gasteiger partial charge in [-0.1, -0.05) is 35.9 Å². The number of rotatable bonds is 5. The summed E-state index contributed by atoms with van der Waals surface area (Å²) < 4.78 is 47.8. The third kappa shape index (κ3) is 4.63. The highest BCUT2D eigenvalue weighted by molar-refractivity contribution is 7.98. The van der Waals surface area contributed by atoms with Crippen LogP contribution in [-0.2, 0) is 0 Å². The standard InChI is InChI=1S/C22H20ClF3N4O2S/c1-32-13-9-7-12(8-10-13)15-11-17(22(24,25)26)30-20(27-15)18(23)19(29-30)21(31)28-14-5-3-4-6-16(14)33-2/h3-10,15,17,27H,11H2,1-2H3,(H,28,31)/t15-,17-/m0/s1. The van der Waals surface area contributed by atoms with E-state index in [9.17, 15) is 18.0 Å². The van der Waals surface area contributed by atoms with Crippen LogP contribution in [0.1, 0.15) is 34.6 Å². The Morgan fingerprint density at radius 1 is 1.24 bits per heavy atom. The molecule has 1 aliphatic rings. The van der Waals surface area contributed by atoms with E-state index in [-0.39, 0.29) is 23.0 Å². The van der Waals surface area contributed by atoms with Crippen molar-refractivity contribution >= 4 is 40.8 Å². The number of amides is 1. The number of methoxy groups -OCH3 is 1. The summed E-state index contributed by atoms with van der Waals surface area (Å²) in [5, 5.41) is 9.52. The van der Waals surface area contributed by atoms with E-state index in [0.717, 1.165) is 9.58 Å². The predicted molar refractivity (Wildman–Crippen MR) is 122 cm³/mol. The molecule has 3 aromatic rings. The lowest BCUT2D eigenvalue weighted by molar-refractivity contribution is -0.173. The zero-order valence-electron chi connectivity index (χ0n) is 17.6. The second-order valence-electron chi connectivity index (χ2n) is 7.37. The number of benzene rings is 2. The number of halogens is 4. The van der Waals surface area contributed by atoms with E-state index in [1.165, 1.54) is 18.9 Å². The third-order valence-electron chi connectivity index (χ3n) is 5.38. The molecule has 0 spiro atoms. The first kappa shape index (κ1) is 23.3. The molecule has 0 bridgehead atoms. The number of nitrogens with one attached hydrogen (secondary N) is 2. The Bertz CT molecular complexity index is 1170. The van der Waals surface area contributed by atoms with Crippen molar-refractivity contribution in [1.29, 1.82) is 0 Å². The molecular weight excluding hydrogens is 477 g/mol. The number of hydrogen-bond acceptors (Lipinski definition) is 5. The molecule has 1 aromatic heterocycles. The second kappa shape index (κ2) is 9.18. The van der Waals surface area contributed by atoms with E-state index in [4.69, 9.17) is 16.3 Å². The van der Waals surface area contributed by atoms with Gasteiger partial charge in [0.05, 0.1) is 18.8 Å². The summed E-state index contributed by atoms with van der Waals surface area (Å²) in [7, 11) is 1.51. The van der Waals surface area contributed by atoms with E-state index in [1.807, 2.05) is 18.4 Å². The van der Waals surface area contributed by atoms with Crippen molar-refractivity contribution in [2.75, 3.05) is 24.0 Å². The lowest BCUT2D eigenvalue weighted by Crippen LogP contribution is -2.35. The molecule has 4 rings (SSSR count). The van der Waals surface area contributed by atoms with Gasteiger partial charge in [-0.15, -0.1) is 11.8 Å². The van der Waals surface area contributed by atoms with Gasteiger partial charge in [0.15, 0.2) is 11.7 Å². The molecule has 2 atom stereocenters. The predicted octanol–water partition coefficient (Wildman–Crippen LogP) is 6.18. The fourth-order valence-corrected chi connectivity index (χ4v) is 4.54. The molecule has 1 aliphatic heterocycles. The number of ether oxygens (including phenoxy) is 1. The lowest BCUT2D eigenvalue weighted by atomic mass is 9.97. The topological polar surface area (TPSA) is 68.2 Å². The third-order valence-corrected chi connectivity index (χ3v) is 6.54. The van der Waals surface area contributed by atoms with E-state index in [1.54, 1.807) is 36.4 Å². The Labute approximate surface area is 197 Å². The van der Waals surface area contributed by atoms with E-state index in [0.29, 0.717) is 17.0 Å². The zero-order valence-corrected chi connectivity index (χ0v) is 19.2. The number of alkyl halides is 3. The summed E-state index contributed by atoms with van der Waals surface area (Å²) in [5.74, 6) is -0.143. The van der Waals surface area contributed by atoms with Crippen LogP contribution in [0.2, 0.25) is 5.02 Å². The maximum Gasteiger partial charge on any atom is 0.410 e. The van der Waals surface area contributed by atoms with Crippen LogP contribution in [0.4, 0.5) is 24.7 Å². The molecule has 174 valence electrons. The molecule has 33 heavy (non-hydrogen) atoms. The van der Waals surface area contributed by atoms with Crippen molar-refractivity contribution in [3.8, 4) is 5.75 Å². The minimum Gasteiger partial charge on any atom is -0.497 e. The largest absolute Gasteiger partial charge is 0.497 e. The first-order valence-corrected chi connectivity index (χ1v) is 11.5. The number of hydrogen-bond donors (Lipinski definition) is 2. The molecular formula is C22H20ClF3N4O2S. The molecule has 0 radical (unpaired) electrons. The van der Waals surface area contributed by atoms with Crippen molar-refractivity contribution in [3.05, 3.63) is 64.8 Å². The van der Waals surface area contributed by atoms with Crippen LogP contribution >= 0.6 is 23.4 Å². The number of fused-ring (bicyclic) bond motifs is 1. The maximum absolute atomic E-state index is 14.0. The highest BCUT2D eigenvalue weighted by atomic mass is 35.5. The minimum atomic E-state index is -4.59. The molecule has 1 amide bonds. The highest BCUT2D eigenvalue weighted by Crippen LogP contribution is 2.46.